The maximum atomic E-state index is 12.3. The minimum absolute atomic E-state index is 0.123. The Morgan fingerprint density at radius 2 is 1.72 bits per heavy atom. The Morgan fingerprint density at radius 1 is 1.00 bits per heavy atom. The zero-order valence-corrected chi connectivity index (χ0v) is 17.2. The van der Waals surface area contributed by atoms with Gasteiger partial charge < -0.3 is 14.5 Å². The van der Waals surface area contributed by atoms with Crippen molar-refractivity contribution >= 4 is 28.4 Å². The molecule has 0 N–H and O–H groups in total. The van der Waals surface area contributed by atoms with E-state index in [-0.39, 0.29) is 5.82 Å². The summed E-state index contributed by atoms with van der Waals surface area (Å²) in [5.41, 5.74) is 4.62. The number of carbonyl (C=O) groups excluding carboxylic acids is 1. The Balaban J connectivity index is 1.62. The van der Waals surface area contributed by atoms with Gasteiger partial charge in [0.15, 0.2) is 0 Å². The molecule has 1 aromatic heterocycles. The lowest BCUT2D eigenvalue weighted by Gasteiger charge is -2.38. The summed E-state index contributed by atoms with van der Waals surface area (Å²) in [6.07, 6.45) is 0. The number of anilines is 2. The van der Waals surface area contributed by atoms with E-state index in [2.05, 4.69) is 51.8 Å². The Kier molecular flexibility index (Phi) is 5.34. The summed E-state index contributed by atoms with van der Waals surface area (Å²) in [5, 5.41) is 0.959. The third-order valence-corrected chi connectivity index (χ3v) is 5.33. The number of para-hydroxylation sites is 1. The summed E-state index contributed by atoms with van der Waals surface area (Å²) >= 11 is 0. The SMILES string of the molecule is CCOC(=O)c1nc(N2CCN(c3cc(C)ccc3C)CC2)c2ccccc2n1. The van der Waals surface area contributed by atoms with Crippen molar-refractivity contribution in [3.05, 3.63) is 59.4 Å². The predicted molar refractivity (Wildman–Crippen MR) is 116 cm³/mol. The molecule has 3 aromatic rings. The maximum Gasteiger partial charge on any atom is 0.376 e. The molecule has 1 saturated heterocycles. The molecule has 0 bridgehead atoms. The first-order valence-corrected chi connectivity index (χ1v) is 10.1. The van der Waals surface area contributed by atoms with Crippen LogP contribution in [-0.2, 0) is 4.74 Å². The third kappa shape index (κ3) is 3.88. The van der Waals surface area contributed by atoms with E-state index in [4.69, 9.17) is 4.74 Å². The fourth-order valence-corrected chi connectivity index (χ4v) is 3.81. The number of carbonyl (C=O) groups is 1. The van der Waals surface area contributed by atoms with Gasteiger partial charge in [-0.25, -0.2) is 14.8 Å². The molecule has 29 heavy (non-hydrogen) atoms. The van der Waals surface area contributed by atoms with Gasteiger partial charge in [0, 0.05) is 37.3 Å². The molecule has 1 aliphatic heterocycles. The average molecular weight is 390 g/mol. The largest absolute Gasteiger partial charge is 0.460 e. The van der Waals surface area contributed by atoms with Crippen LogP contribution in [0.25, 0.3) is 10.9 Å². The smallest absolute Gasteiger partial charge is 0.376 e. The van der Waals surface area contributed by atoms with Crippen LogP contribution in [0, 0.1) is 13.8 Å². The van der Waals surface area contributed by atoms with Gasteiger partial charge in [0.25, 0.3) is 0 Å². The number of hydrogen-bond donors (Lipinski definition) is 0. The Hall–Kier alpha value is -3.15. The first-order chi connectivity index (χ1) is 14.1. The standard InChI is InChI=1S/C23H26N4O2/c1-4-29-23(28)21-24-19-8-6-5-7-18(19)22(25-21)27-13-11-26(12-14-27)20-15-16(2)9-10-17(20)3/h5-10,15H,4,11-14H2,1-3H3. The van der Waals surface area contributed by atoms with Gasteiger partial charge in [-0.2, -0.15) is 0 Å². The number of rotatable bonds is 4. The average Bonchev–Trinajstić information content (AvgIpc) is 2.75. The third-order valence-electron chi connectivity index (χ3n) is 5.33. The molecule has 0 amide bonds. The lowest BCUT2D eigenvalue weighted by Crippen LogP contribution is -2.47. The topological polar surface area (TPSA) is 58.6 Å². The van der Waals surface area contributed by atoms with Crippen LogP contribution < -0.4 is 9.80 Å². The minimum Gasteiger partial charge on any atom is -0.460 e. The number of aryl methyl sites for hydroxylation is 2. The highest BCUT2D eigenvalue weighted by Gasteiger charge is 2.23. The Labute approximate surface area is 171 Å². The van der Waals surface area contributed by atoms with Crippen molar-refractivity contribution in [3.8, 4) is 0 Å². The van der Waals surface area contributed by atoms with Gasteiger partial charge in [0.2, 0.25) is 5.82 Å². The first-order valence-electron chi connectivity index (χ1n) is 10.1. The maximum absolute atomic E-state index is 12.3. The highest BCUT2D eigenvalue weighted by atomic mass is 16.5. The predicted octanol–water partition coefficient (Wildman–Crippen LogP) is 3.75. The molecular weight excluding hydrogens is 364 g/mol. The van der Waals surface area contributed by atoms with Crippen LogP contribution in [0.15, 0.2) is 42.5 Å². The fourth-order valence-electron chi connectivity index (χ4n) is 3.81. The van der Waals surface area contributed by atoms with E-state index in [1.54, 1.807) is 6.92 Å². The number of aromatic nitrogens is 2. The molecular formula is C23H26N4O2. The molecule has 0 aliphatic carbocycles. The molecule has 150 valence electrons. The number of piperazine rings is 1. The second kappa shape index (κ2) is 8.07. The monoisotopic (exact) mass is 390 g/mol. The molecule has 1 aliphatic rings. The van der Waals surface area contributed by atoms with Gasteiger partial charge in [-0.1, -0.05) is 24.3 Å². The summed E-state index contributed by atoms with van der Waals surface area (Å²) < 4.78 is 5.13. The number of nitrogens with zero attached hydrogens (tertiary/aromatic N) is 4. The van der Waals surface area contributed by atoms with Crippen LogP contribution >= 0.6 is 0 Å². The van der Waals surface area contributed by atoms with Gasteiger partial charge in [0.1, 0.15) is 5.82 Å². The van der Waals surface area contributed by atoms with Crippen molar-refractivity contribution < 1.29 is 9.53 Å². The van der Waals surface area contributed by atoms with E-state index >= 15 is 0 Å². The lowest BCUT2D eigenvalue weighted by molar-refractivity contribution is 0.0512. The van der Waals surface area contributed by atoms with Crippen molar-refractivity contribution in [2.24, 2.45) is 0 Å². The number of benzene rings is 2. The summed E-state index contributed by atoms with van der Waals surface area (Å²) in [4.78, 5) is 25.9. The van der Waals surface area contributed by atoms with Crippen LogP contribution in [-0.4, -0.2) is 48.7 Å². The van der Waals surface area contributed by atoms with Gasteiger partial charge in [-0.15, -0.1) is 0 Å². The van der Waals surface area contributed by atoms with E-state index in [1.807, 2.05) is 24.3 Å². The van der Waals surface area contributed by atoms with Gasteiger partial charge in [-0.3, -0.25) is 0 Å². The van der Waals surface area contributed by atoms with Crippen LogP contribution in [0.3, 0.4) is 0 Å². The van der Waals surface area contributed by atoms with Crippen LogP contribution in [0.5, 0.6) is 0 Å². The Bertz CT molecular complexity index is 1040. The second-order valence-electron chi connectivity index (χ2n) is 7.37. The van der Waals surface area contributed by atoms with E-state index in [1.165, 1.54) is 16.8 Å². The van der Waals surface area contributed by atoms with Crippen LogP contribution in [0.2, 0.25) is 0 Å². The van der Waals surface area contributed by atoms with Crippen LogP contribution in [0.1, 0.15) is 28.7 Å². The molecule has 0 saturated carbocycles. The molecule has 1 fully saturated rings. The number of ether oxygens (including phenoxy) is 1. The summed E-state index contributed by atoms with van der Waals surface area (Å²) in [6, 6.07) is 14.4. The van der Waals surface area contributed by atoms with Crippen LogP contribution in [0.4, 0.5) is 11.5 Å². The minimum atomic E-state index is -0.478. The molecule has 0 unspecified atom stereocenters. The number of hydrogen-bond acceptors (Lipinski definition) is 6. The summed E-state index contributed by atoms with van der Waals surface area (Å²) in [5.74, 6) is 0.449. The fraction of sp³-hybridized carbons (Fsp3) is 0.348. The van der Waals surface area contributed by atoms with Crippen molar-refractivity contribution in [2.45, 2.75) is 20.8 Å². The van der Waals surface area contributed by atoms with Crippen molar-refractivity contribution in [1.82, 2.24) is 9.97 Å². The molecule has 6 heteroatoms. The quantitative estimate of drug-likeness (QED) is 0.633. The summed E-state index contributed by atoms with van der Waals surface area (Å²) in [7, 11) is 0. The highest BCUT2D eigenvalue weighted by molar-refractivity contribution is 5.94. The lowest BCUT2D eigenvalue weighted by atomic mass is 10.1. The second-order valence-corrected chi connectivity index (χ2v) is 7.37. The molecule has 2 aromatic carbocycles. The molecule has 4 rings (SSSR count). The van der Waals surface area contributed by atoms with Gasteiger partial charge >= 0.3 is 5.97 Å². The van der Waals surface area contributed by atoms with Crippen molar-refractivity contribution in [1.29, 1.82) is 0 Å². The van der Waals surface area contributed by atoms with Crippen molar-refractivity contribution in [2.75, 3.05) is 42.6 Å². The van der Waals surface area contributed by atoms with Gasteiger partial charge in [-0.05, 0) is 50.1 Å². The molecule has 0 radical (unpaired) electrons. The summed E-state index contributed by atoms with van der Waals surface area (Å²) in [6.45, 7) is 9.83. The molecule has 0 atom stereocenters. The molecule has 0 spiro atoms. The number of esters is 1. The molecule has 2 heterocycles. The Morgan fingerprint density at radius 3 is 2.48 bits per heavy atom. The van der Waals surface area contributed by atoms with E-state index < -0.39 is 5.97 Å². The van der Waals surface area contributed by atoms with E-state index in [9.17, 15) is 4.79 Å². The van der Waals surface area contributed by atoms with Gasteiger partial charge in [0.05, 0.1) is 12.1 Å². The normalized spacial score (nSPS) is 14.3. The first kappa shape index (κ1) is 19.2. The zero-order chi connectivity index (χ0) is 20.4. The van der Waals surface area contributed by atoms with E-state index in [0.717, 1.165) is 42.9 Å². The highest BCUT2D eigenvalue weighted by Crippen LogP contribution is 2.28. The zero-order valence-electron chi connectivity index (χ0n) is 17.2. The van der Waals surface area contributed by atoms with E-state index in [0.29, 0.717) is 6.61 Å². The van der Waals surface area contributed by atoms with Crippen molar-refractivity contribution in [3.63, 3.8) is 0 Å². The molecule has 6 nitrogen and oxygen atoms in total. The number of fused-ring (bicyclic) bond motifs is 1.